The summed E-state index contributed by atoms with van der Waals surface area (Å²) < 4.78 is 16.8. The van der Waals surface area contributed by atoms with Crippen LogP contribution < -0.4 is 0 Å². The van der Waals surface area contributed by atoms with Gasteiger partial charge in [0.05, 0.1) is 18.3 Å². The molecule has 5 atom stereocenters. The van der Waals surface area contributed by atoms with Crippen molar-refractivity contribution in [3.05, 3.63) is 0 Å². The number of carbonyl (C=O) groups excluding carboxylic acids is 1. The van der Waals surface area contributed by atoms with Gasteiger partial charge in [-0.05, 0) is 32.1 Å². The summed E-state index contributed by atoms with van der Waals surface area (Å²) in [5.41, 5.74) is -0.565. The molecule has 0 aromatic rings. The highest BCUT2D eigenvalue weighted by Gasteiger charge is 2.56. The van der Waals surface area contributed by atoms with E-state index in [1.807, 2.05) is 0 Å². The lowest BCUT2D eigenvalue weighted by molar-refractivity contribution is -0.249. The molecular formula is C13H18O4. The molecule has 94 valence electrons. The van der Waals surface area contributed by atoms with Crippen molar-refractivity contribution < 1.29 is 19.0 Å². The van der Waals surface area contributed by atoms with Crippen molar-refractivity contribution in [2.45, 2.75) is 75.0 Å². The van der Waals surface area contributed by atoms with Crippen LogP contribution in [0.1, 0.15) is 44.9 Å². The largest absolute Gasteiger partial charge is 0.460 e. The van der Waals surface area contributed by atoms with E-state index in [0.717, 1.165) is 44.9 Å². The second-order valence-corrected chi connectivity index (χ2v) is 5.88. The number of fused-ring (bicyclic) bond motifs is 3. The molecule has 0 aromatic carbocycles. The number of esters is 1. The van der Waals surface area contributed by atoms with Crippen LogP contribution in [0.25, 0.3) is 0 Å². The zero-order chi connectivity index (χ0) is 11.5. The van der Waals surface area contributed by atoms with Crippen LogP contribution in [0.5, 0.6) is 0 Å². The van der Waals surface area contributed by atoms with E-state index < -0.39 is 5.60 Å². The highest BCUT2D eigenvalue weighted by Crippen LogP contribution is 2.46. The monoisotopic (exact) mass is 238 g/mol. The first-order valence-corrected chi connectivity index (χ1v) is 6.80. The maximum Gasteiger partial charge on any atom is 0.338 e. The van der Waals surface area contributed by atoms with E-state index in [9.17, 15) is 4.79 Å². The Balaban J connectivity index is 1.37. The molecule has 5 fully saturated rings. The Morgan fingerprint density at radius 3 is 2.82 bits per heavy atom. The van der Waals surface area contributed by atoms with Gasteiger partial charge < -0.3 is 14.2 Å². The van der Waals surface area contributed by atoms with Gasteiger partial charge in [0.2, 0.25) is 0 Å². The minimum atomic E-state index is -0.565. The zero-order valence-electron chi connectivity index (χ0n) is 9.89. The van der Waals surface area contributed by atoms with Crippen LogP contribution in [-0.2, 0) is 19.0 Å². The predicted octanol–water partition coefficient (Wildman–Crippen LogP) is 1.56. The SMILES string of the molecule is O=C(OC1CCC2OC2C1)C12CCCC(C1)O2. The summed E-state index contributed by atoms with van der Waals surface area (Å²) in [5.74, 6) is -0.113. The van der Waals surface area contributed by atoms with Crippen molar-refractivity contribution >= 4 is 5.97 Å². The molecule has 3 saturated heterocycles. The van der Waals surface area contributed by atoms with Gasteiger partial charge in [-0.25, -0.2) is 4.79 Å². The second-order valence-electron chi connectivity index (χ2n) is 5.88. The summed E-state index contributed by atoms with van der Waals surface area (Å²) in [6.45, 7) is 0. The molecule has 0 N–H and O–H groups in total. The van der Waals surface area contributed by atoms with E-state index in [4.69, 9.17) is 14.2 Å². The number of epoxide rings is 1. The molecule has 5 rings (SSSR count). The highest BCUT2D eigenvalue weighted by atomic mass is 16.6. The molecule has 0 radical (unpaired) electrons. The average Bonchev–Trinajstić information content (AvgIpc) is 3.07. The Bertz CT molecular complexity index is 342. The molecule has 4 heteroatoms. The van der Waals surface area contributed by atoms with Gasteiger partial charge in [-0.3, -0.25) is 0 Å². The van der Waals surface area contributed by atoms with Crippen LogP contribution in [0.2, 0.25) is 0 Å². The highest BCUT2D eigenvalue weighted by molar-refractivity contribution is 5.81. The van der Waals surface area contributed by atoms with Crippen LogP contribution in [0, 0.1) is 0 Å². The molecule has 2 bridgehead atoms. The van der Waals surface area contributed by atoms with Crippen molar-refractivity contribution in [1.82, 2.24) is 0 Å². The van der Waals surface area contributed by atoms with Gasteiger partial charge in [-0.2, -0.15) is 0 Å². The van der Waals surface area contributed by atoms with Crippen LogP contribution in [0.3, 0.4) is 0 Å². The smallest absolute Gasteiger partial charge is 0.338 e. The van der Waals surface area contributed by atoms with Crippen molar-refractivity contribution in [2.24, 2.45) is 0 Å². The lowest BCUT2D eigenvalue weighted by atomic mass is 9.77. The maximum absolute atomic E-state index is 12.2. The molecule has 5 unspecified atom stereocenters. The lowest BCUT2D eigenvalue weighted by Crippen LogP contribution is -2.60. The second kappa shape index (κ2) is 3.45. The fourth-order valence-corrected chi connectivity index (χ4v) is 3.58. The lowest BCUT2D eigenvalue weighted by Gasteiger charge is -2.50. The van der Waals surface area contributed by atoms with Gasteiger partial charge >= 0.3 is 5.97 Å². The molecule has 4 nitrogen and oxygen atoms in total. The van der Waals surface area contributed by atoms with Gasteiger partial charge in [0, 0.05) is 12.8 Å². The van der Waals surface area contributed by atoms with E-state index in [2.05, 4.69) is 0 Å². The van der Waals surface area contributed by atoms with E-state index in [1.165, 1.54) is 0 Å². The quantitative estimate of drug-likeness (QED) is 0.541. The fraction of sp³-hybridized carbons (Fsp3) is 0.923. The van der Waals surface area contributed by atoms with Gasteiger partial charge in [-0.1, -0.05) is 0 Å². The average molecular weight is 238 g/mol. The molecule has 2 saturated carbocycles. The van der Waals surface area contributed by atoms with E-state index in [0.29, 0.717) is 18.3 Å². The van der Waals surface area contributed by atoms with Crippen molar-refractivity contribution in [3.63, 3.8) is 0 Å². The van der Waals surface area contributed by atoms with E-state index in [1.54, 1.807) is 0 Å². The summed E-state index contributed by atoms with van der Waals surface area (Å²) in [6.07, 6.45) is 8.00. The number of carbonyl (C=O) groups is 1. The Kier molecular flexibility index (Phi) is 2.10. The van der Waals surface area contributed by atoms with Crippen molar-refractivity contribution in [1.29, 1.82) is 0 Å². The fourth-order valence-electron chi connectivity index (χ4n) is 3.58. The van der Waals surface area contributed by atoms with Crippen LogP contribution >= 0.6 is 0 Å². The Morgan fingerprint density at radius 2 is 2.12 bits per heavy atom. The molecule has 0 aromatic heterocycles. The van der Waals surface area contributed by atoms with Crippen LogP contribution in [0.4, 0.5) is 0 Å². The molecule has 5 aliphatic rings. The van der Waals surface area contributed by atoms with Gasteiger partial charge in [-0.15, -0.1) is 0 Å². The Morgan fingerprint density at radius 1 is 1.24 bits per heavy atom. The summed E-state index contributed by atoms with van der Waals surface area (Å²) in [7, 11) is 0. The van der Waals surface area contributed by atoms with Crippen molar-refractivity contribution in [2.75, 3.05) is 0 Å². The Hall–Kier alpha value is -0.610. The molecular weight excluding hydrogens is 220 g/mol. The first-order valence-electron chi connectivity index (χ1n) is 6.80. The molecule has 17 heavy (non-hydrogen) atoms. The van der Waals surface area contributed by atoms with Crippen molar-refractivity contribution in [3.8, 4) is 0 Å². The van der Waals surface area contributed by atoms with Gasteiger partial charge in [0.25, 0.3) is 0 Å². The first kappa shape index (κ1) is 10.3. The number of ether oxygens (including phenoxy) is 3. The topological polar surface area (TPSA) is 48.1 Å². The molecule has 3 heterocycles. The maximum atomic E-state index is 12.2. The third kappa shape index (κ3) is 1.61. The molecule has 2 aliphatic carbocycles. The van der Waals surface area contributed by atoms with Gasteiger partial charge in [0.15, 0.2) is 5.60 Å². The third-order valence-electron chi connectivity index (χ3n) is 4.66. The van der Waals surface area contributed by atoms with E-state index in [-0.39, 0.29) is 12.1 Å². The minimum absolute atomic E-state index is 0.0604. The number of rotatable bonds is 2. The Labute approximate surface area is 101 Å². The third-order valence-corrected chi connectivity index (χ3v) is 4.66. The molecule has 3 aliphatic heterocycles. The molecule has 0 spiro atoms. The standard InChI is InChI=1S/C13H18O4/c14-12(13-5-1-2-9(7-13)17-13)15-8-3-4-10-11(6-8)16-10/h8-11H,1-7H2. The summed E-state index contributed by atoms with van der Waals surface area (Å²) in [6, 6.07) is 0. The van der Waals surface area contributed by atoms with Gasteiger partial charge in [0.1, 0.15) is 6.10 Å². The van der Waals surface area contributed by atoms with Crippen LogP contribution in [-0.4, -0.2) is 36.0 Å². The minimum Gasteiger partial charge on any atom is -0.460 e. The normalized spacial score (nSPS) is 51.1. The zero-order valence-corrected chi connectivity index (χ0v) is 9.89. The van der Waals surface area contributed by atoms with Crippen LogP contribution in [0.15, 0.2) is 0 Å². The van der Waals surface area contributed by atoms with E-state index >= 15 is 0 Å². The number of hydrogen-bond acceptors (Lipinski definition) is 4. The summed E-state index contributed by atoms with van der Waals surface area (Å²) in [4.78, 5) is 12.2. The first-order chi connectivity index (χ1) is 8.25. The molecule has 0 amide bonds. The summed E-state index contributed by atoms with van der Waals surface area (Å²) >= 11 is 0. The summed E-state index contributed by atoms with van der Waals surface area (Å²) in [5, 5.41) is 0. The number of hydrogen-bond donors (Lipinski definition) is 0. The predicted molar refractivity (Wildman–Crippen MR) is 58.5 cm³/mol.